The van der Waals surface area contributed by atoms with E-state index < -0.39 is 11.9 Å². The predicted octanol–water partition coefficient (Wildman–Crippen LogP) is 4.31. The highest BCUT2D eigenvalue weighted by molar-refractivity contribution is 9.10. The summed E-state index contributed by atoms with van der Waals surface area (Å²) in [5.74, 6) is -0.751. The largest absolute Gasteiger partial charge is 0.388 e. The molecule has 100 valence electrons. The molecule has 0 spiro atoms. The molecule has 1 unspecified atom stereocenters. The first-order valence-electron chi connectivity index (χ1n) is 5.85. The van der Waals surface area contributed by atoms with Crippen LogP contribution in [0.5, 0.6) is 0 Å². The third kappa shape index (κ3) is 3.39. The maximum Gasteiger partial charge on any atom is 0.123 e. The Bertz CT molecular complexity index is 599. The molecule has 1 nitrogen and oxygen atoms in total. The van der Waals surface area contributed by atoms with Gasteiger partial charge in [0.05, 0.1) is 6.10 Å². The van der Waals surface area contributed by atoms with Crippen molar-refractivity contribution < 1.29 is 13.9 Å². The summed E-state index contributed by atoms with van der Waals surface area (Å²) in [6.07, 6.45) is -0.642. The molecule has 0 radical (unpaired) electrons. The summed E-state index contributed by atoms with van der Waals surface area (Å²) < 4.78 is 27.1. The van der Waals surface area contributed by atoms with E-state index in [0.29, 0.717) is 11.1 Å². The van der Waals surface area contributed by atoms with Gasteiger partial charge in [-0.2, -0.15) is 0 Å². The summed E-state index contributed by atoms with van der Waals surface area (Å²) in [5, 5.41) is 10.2. The van der Waals surface area contributed by atoms with Crippen molar-refractivity contribution >= 4 is 15.9 Å². The molecule has 0 bridgehead atoms. The first-order valence-corrected chi connectivity index (χ1v) is 6.64. The number of rotatable bonds is 3. The average Bonchev–Trinajstić information content (AvgIpc) is 2.36. The van der Waals surface area contributed by atoms with E-state index in [1.54, 1.807) is 19.1 Å². The summed E-state index contributed by atoms with van der Waals surface area (Å²) in [4.78, 5) is 0. The second kappa shape index (κ2) is 5.80. The Morgan fingerprint density at radius 2 is 1.74 bits per heavy atom. The summed E-state index contributed by atoms with van der Waals surface area (Å²) in [5.41, 5.74) is 1.98. The Balaban J connectivity index is 2.27. The summed E-state index contributed by atoms with van der Waals surface area (Å²) in [6.45, 7) is 1.80. The molecule has 0 saturated carbocycles. The molecule has 19 heavy (non-hydrogen) atoms. The van der Waals surface area contributed by atoms with Crippen LogP contribution in [0.3, 0.4) is 0 Å². The summed E-state index contributed by atoms with van der Waals surface area (Å²) in [7, 11) is 0. The van der Waals surface area contributed by atoms with E-state index in [0.717, 1.165) is 10.0 Å². The highest BCUT2D eigenvalue weighted by Crippen LogP contribution is 2.26. The molecule has 0 amide bonds. The minimum atomic E-state index is -0.867. The van der Waals surface area contributed by atoms with E-state index in [1.807, 2.05) is 0 Å². The number of halogens is 3. The van der Waals surface area contributed by atoms with Crippen LogP contribution in [0, 0.1) is 18.6 Å². The zero-order chi connectivity index (χ0) is 14.0. The van der Waals surface area contributed by atoms with Crippen LogP contribution in [0.25, 0.3) is 0 Å². The van der Waals surface area contributed by atoms with Crippen molar-refractivity contribution in [3.05, 3.63) is 69.2 Å². The molecule has 0 aliphatic rings. The quantitative estimate of drug-likeness (QED) is 0.891. The Morgan fingerprint density at radius 1 is 1.11 bits per heavy atom. The minimum absolute atomic E-state index is 0.225. The van der Waals surface area contributed by atoms with Crippen LogP contribution < -0.4 is 0 Å². The number of aliphatic hydroxyl groups is 1. The van der Waals surface area contributed by atoms with Crippen LogP contribution in [0.15, 0.2) is 40.9 Å². The van der Waals surface area contributed by atoms with Crippen LogP contribution in [0.2, 0.25) is 0 Å². The Labute approximate surface area is 119 Å². The van der Waals surface area contributed by atoms with Gasteiger partial charge in [0, 0.05) is 10.9 Å². The lowest BCUT2D eigenvalue weighted by molar-refractivity contribution is 0.177. The summed E-state index contributed by atoms with van der Waals surface area (Å²) in [6, 6.07) is 8.58. The van der Waals surface area contributed by atoms with Crippen molar-refractivity contribution in [3.8, 4) is 0 Å². The molecule has 0 heterocycles. The molecular weight excluding hydrogens is 314 g/mol. The van der Waals surface area contributed by atoms with Crippen LogP contribution in [0.1, 0.15) is 22.8 Å². The first kappa shape index (κ1) is 14.2. The second-order valence-corrected chi connectivity index (χ2v) is 5.31. The van der Waals surface area contributed by atoms with Gasteiger partial charge in [0.2, 0.25) is 0 Å². The normalized spacial score (nSPS) is 12.5. The fourth-order valence-electron chi connectivity index (χ4n) is 1.99. The van der Waals surface area contributed by atoms with Crippen molar-refractivity contribution in [2.24, 2.45) is 0 Å². The lowest BCUT2D eigenvalue weighted by Crippen LogP contribution is -2.05. The number of benzene rings is 2. The van der Waals surface area contributed by atoms with E-state index in [9.17, 15) is 13.9 Å². The average molecular weight is 327 g/mol. The summed E-state index contributed by atoms with van der Waals surface area (Å²) >= 11 is 3.31. The van der Waals surface area contributed by atoms with Gasteiger partial charge >= 0.3 is 0 Å². The van der Waals surface area contributed by atoms with Crippen molar-refractivity contribution in [2.45, 2.75) is 19.4 Å². The molecule has 0 aliphatic heterocycles. The van der Waals surface area contributed by atoms with Gasteiger partial charge in [-0.15, -0.1) is 0 Å². The van der Waals surface area contributed by atoms with Crippen molar-refractivity contribution in [1.29, 1.82) is 0 Å². The molecule has 0 aliphatic carbocycles. The first-order chi connectivity index (χ1) is 8.97. The highest BCUT2D eigenvalue weighted by Gasteiger charge is 2.14. The highest BCUT2D eigenvalue weighted by atomic mass is 79.9. The molecule has 4 heteroatoms. The van der Waals surface area contributed by atoms with E-state index in [1.165, 1.54) is 24.3 Å². The Morgan fingerprint density at radius 3 is 2.47 bits per heavy atom. The van der Waals surface area contributed by atoms with E-state index in [-0.39, 0.29) is 12.2 Å². The van der Waals surface area contributed by atoms with Crippen LogP contribution >= 0.6 is 15.9 Å². The number of hydrogen-bond acceptors (Lipinski definition) is 1. The third-order valence-electron chi connectivity index (χ3n) is 3.02. The fourth-order valence-corrected chi connectivity index (χ4v) is 2.40. The fraction of sp³-hybridized carbons (Fsp3) is 0.200. The molecule has 2 rings (SSSR count). The molecular formula is C15H13BrF2O. The molecule has 2 aromatic carbocycles. The van der Waals surface area contributed by atoms with Gasteiger partial charge in [-0.25, -0.2) is 8.78 Å². The van der Waals surface area contributed by atoms with E-state index in [4.69, 9.17) is 0 Å². The van der Waals surface area contributed by atoms with Gasteiger partial charge < -0.3 is 5.11 Å². The number of aryl methyl sites for hydroxylation is 1. The Kier molecular flexibility index (Phi) is 4.32. The van der Waals surface area contributed by atoms with Gasteiger partial charge in [0.25, 0.3) is 0 Å². The van der Waals surface area contributed by atoms with Gasteiger partial charge in [-0.1, -0.05) is 22.0 Å². The monoisotopic (exact) mass is 326 g/mol. The van der Waals surface area contributed by atoms with E-state index >= 15 is 0 Å². The molecule has 1 N–H and O–H groups in total. The lowest BCUT2D eigenvalue weighted by Gasteiger charge is -2.15. The van der Waals surface area contributed by atoms with Gasteiger partial charge in [-0.05, 0) is 53.9 Å². The number of hydrogen-bond donors (Lipinski definition) is 1. The second-order valence-electron chi connectivity index (χ2n) is 4.46. The standard InChI is InChI=1S/C15H13BrF2O/c1-9-2-3-12(18)8-13(9)15(19)7-10-6-11(17)4-5-14(10)16/h2-6,8,15,19H,7H2,1H3. The SMILES string of the molecule is Cc1ccc(F)cc1C(O)Cc1cc(F)ccc1Br. The molecule has 0 fully saturated rings. The van der Waals surface area contributed by atoms with Gasteiger partial charge in [-0.3, -0.25) is 0 Å². The molecule has 0 saturated heterocycles. The van der Waals surface area contributed by atoms with Crippen LogP contribution in [-0.4, -0.2) is 5.11 Å². The zero-order valence-corrected chi connectivity index (χ0v) is 11.9. The zero-order valence-electron chi connectivity index (χ0n) is 10.3. The predicted molar refractivity (Wildman–Crippen MR) is 73.9 cm³/mol. The maximum atomic E-state index is 13.2. The topological polar surface area (TPSA) is 20.2 Å². The molecule has 0 aromatic heterocycles. The van der Waals surface area contributed by atoms with Crippen molar-refractivity contribution in [3.63, 3.8) is 0 Å². The van der Waals surface area contributed by atoms with Gasteiger partial charge in [0.15, 0.2) is 0 Å². The van der Waals surface area contributed by atoms with Crippen LogP contribution in [0.4, 0.5) is 8.78 Å². The van der Waals surface area contributed by atoms with E-state index in [2.05, 4.69) is 15.9 Å². The Hall–Kier alpha value is -1.26. The van der Waals surface area contributed by atoms with Crippen molar-refractivity contribution in [2.75, 3.05) is 0 Å². The third-order valence-corrected chi connectivity index (χ3v) is 3.79. The number of aliphatic hydroxyl groups excluding tert-OH is 1. The van der Waals surface area contributed by atoms with Gasteiger partial charge in [0.1, 0.15) is 11.6 Å². The van der Waals surface area contributed by atoms with Crippen LogP contribution in [-0.2, 0) is 6.42 Å². The lowest BCUT2D eigenvalue weighted by atomic mass is 9.97. The minimum Gasteiger partial charge on any atom is -0.388 e. The van der Waals surface area contributed by atoms with Crippen molar-refractivity contribution in [1.82, 2.24) is 0 Å². The molecule has 2 aromatic rings. The molecule has 1 atom stereocenters. The maximum absolute atomic E-state index is 13.2. The smallest absolute Gasteiger partial charge is 0.123 e.